The van der Waals surface area contributed by atoms with Gasteiger partial charge in [-0.1, -0.05) is 48.3 Å². The van der Waals surface area contributed by atoms with Gasteiger partial charge in [-0.3, -0.25) is 9.59 Å². The second-order valence-electron chi connectivity index (χ2n) is 10.6. The SMILES string of the molecule is CC[C@H](c1cc(F)c2c(c1)C(=O)N(Cc1ccc(Cl)cc1CC(=O)O)[C@@H]2OCc1cccc(Cl)c1)C1CCOCC1. The Labute approximate surface area is 249 Å². The largest absolute Gasteiger partial charge is 0.481 e. The third-order valence-electron chi connectivity index (χ3n) is 8.02. The number of hydrogen-bond acceptors (Lipinski definition) is 4. The predicted molar refractivity (Wildman–Crippen MR) is 155 cm³/mol. The fraction of sp³-hybridized carbons (Fsp3) is 0.375. The van der Waals surface area contributed by atoms with E-state index in [1.165, 1.54) is 4.90 Å². The summed E-state index contributed by atoms with van der Waals surface area (Å²) in [4.78, 5) is 27.0. The fourth-order valence-corrected chi connectivity index (χ4v) is 6.45. The first-order valence-corrected chi connectivity index (χ1v) is 14.6. The van der Waals surface area contributed by atoms with E-state index >= 15 is 4.39 Å². The van der Waals surface area contributed by atoms with Crippen molar-refractivity contribution < 1.29 is 28.6 Å². The van der Waals surface area contributed by atoms with Crippen molar-refractivity contribution in [2.75, 3.05) is 13.2 Å². The Balaban J connectivity index is 1.52. The van der Waals surface area contributed by atoms with E-state index in [-0.39, 0.29) is 42.5 Å². The molecule has 2 aliphatic rings. The molecule has 9 heteroatoms. The number of halogens is 3. The van der Waals surface area contributed by atoms with Crippen LogP contribution in [0.3, 0.4) is 0 Å². The molecule has 0 unspecified atom stereocenters. The highest BCUT2D eigenvalue weighted by Crippen LogP contribution is 2.42. The molecule has 2 aliphatic heterocycles. The van der Waals surface area contributed by atoms with Crippen LogP contribution in [0, 0.1) is 11.7 Å². The molecule has 1 saturated heterocycles. The van der Waals surface area contributed by atoms with Gasteiger partial charge in [-0.25, -0.2) is 4.39 Å². The molecule has 3 aromatic rings. The number of hydrogen-bond donors (Lipinski definition) is 1. The van der Waals surface area contributed by atoms with E-state index in [1.807, 2.05) is 12.1 Å². The van der Waals surface area contributed by atoms with Crippen molar-refractivity contribution in [2.24, 2.45) is 5.92 Å². The van der Waals surface area contributed by atoms with E-state index in [0.717, 1.165) is 30.4 Å². The van der Waals surface area contributed by atoms with Crippen LogP contribution in [0.4, 0.5) is 4.39 Å². The Bertz CT molecular complexity index is 1440. The monoisotopic (exact) mass is 599 g/mol. The van der Waals surface area contributed by atoms with Gasteiger partial charge in [0, 0.05) is 35.4 Å². The highest BCUT2D eigenvalue weighted by Gasteiger charge is 2.41. The molecule has 0 saturated carbocycles. The molecular weight excluding hydrogens is 568 g/mol. The lowest BCUT2D eigenvalue weighted by atomic mass is 9.79. The average molecular weight is 601 g/mol. The molecule has 0 bridgehead atoms. The lowest BCUT2D eigenvalue weighted by Gasteiger charge is -2.30. The molecule has 5 rings (SSSR count). The van der Waals surface area contributed by atoms with E-state index in [4.69, 9.17) is 32.7 Å². The van der Waals surface area contributed by atoms with E-state index < -0.39 is 18.0 Å². The fourth-order valence-electron chi connectivity index (χ4n) is 6.05. The first-order valence-electron chi connectivity index (χ1n) is 13.8. The highest BCUT2D eigenvalue weighted by atomic mass is 35.5. The van der Waals surface area contributed by atoms with Gasteiger partial charge in [-0.05, 0) is 89.8 Å². The Morgan fingerprint density at radius 1 is 1.10 bits per heavy atom. The van der Waals surface area contributed by atoms with Gasteiger partial charge < -0.3 is 19.5 Å². The zero-order chi connectivity index (χ0) is 29.1. The molecule has 3 aromatic carbocycles. The Morgan fingerprint density at radius 2 is 1.85 bits per heavy atom. The van der Waals surface area contributed by atoms with Gasteiger partial charge in [0.05, 0.1) is 18.6 Å². The second-order valence-corrected chi connectivity index (χ2v) is 11.5. The zero-order valence-corrected chi connectivity index (χ0v) is 24.3. The van der Waals surface area contributed by atoms with Gasteiger partial charge in [0.15, 0.2) is 6.23 Å². The van der Waals surface area contributed by atoms with Crippen molar-refractivity contribution in [1.82, 2.24) is 4.90 Å². The summed E-state index contributed by atoms with van der Waals surface area (Å²) >= 11 is 12.3. The van der Waals surface area contributed by atoms with Crippen LogP contribution in [-0.2, 0) is 33.8 Å². The van der Waals surface area contributed by atoms with Crippen molar-refractivity contribution in [3.05, 3.63) is 104 Å². The van der Waals surface area contributed by atoms with Crippen LogP contribution in [0.25, 0.3) is 0 Å². The van der Waals surface area contributed by atoms with Gasteiger partial charge in [0.1, 0.15) is 5.82 Å². The maximum absolute atomic E-state index is 16.0. The number of ether oxygens (including phenoxy) is 2. The normalized spacial score (nSPS) is 18.0. The molecule has 0 aliphatic carbocycles. The standard InChI is InChI=1S/C32H32Cl2FNO5/c1-2-26(20-8-10-40-11-9-20)23-14-27-30(28(35)15-23)32(41-18-19-4-3-5-24(33)12-19)36(31(27)39)17-21-6-7-25(34)13-22(21)16-29(37)38/h3-7,12-15,20,26,32H,2,8-11,16-18H2,1H3,(H,37,38)/t26-,32+/m0/s1. The molecule has 1 fully saturated rings. The number of nitrogens with zero attached hydrogens (tertiary/aromatic N) is 1. The molecule has 0 spiro atoms. The summed E-state index contributed by atoms with van der Waals surface area (Å²) in [7, 11) is 0. The zero-order valence-electron chi connectivity index (χ0n) is 22.7. The molecule has 1 N–H and O–H groups in total. The van der Waals surface area contributed by atoms with Crippen molar-refractivity contribution >= 4 is 35.1 Å². The van der Waals surface area contributed by atoms with Crippen LogP contribution in [0.1, 0.15) is 76.5 Å². The third kappa shape index (κ3) is 6.59. The minimum atomic E-state index is -1.02. The highest BCUT2D eigenvalue weighted by molar-refractivity contribution is 6.30. The lowest BCUT2D eigenvalue weighted by molar-refractivity contribution is -0.136. The van der Waals surface area contributed by atoms with Gasteiger partial charge >= 0.3 is 5.97 Å². The topological polar surface area (TPSA) is 76.1 Å². The molecule has 216 valence electrons. The Morgan fingerprint density at radius 3 is 2.56 bits per heavy atom. The number of carbonyl (C=O) groups is 2. The van der Waals surface area contributed by atoms with Crippen LogP contribution >= 0.6 is 23.2 Å². The third-order valence-corrected chi connectivity index (χ3v) is 8.49. The van der Waals surface area contributed by atoms with Crippen molar-refractivity contribution in [1.29, 1.82) is 0 Å². The van der Waals surface area contributed by atoms with E-state index in [0.29, 0.717) is 40.3 Å². The summed E-state index contributed by atoms with van der Waals surface area (Å²) in [6, 6.07) is 15.4. The van der Waals surface area contributed by atoms with Gasteiger partial charge in [-0.2, -0.15) is 0 Å². The molecule has 0 radical (unpaired) electrons. The van der Waals surface area contributed by atoms with Crippen molar-refractivity contribution in [3.63, 3.8) is 0 Å². The van der Waals surface area contributed by atoms with Crippen molar-refractivity contribution in [3.8, 4) is 0 Å². The van der Waals surface area contributed by atoms with E-state index in [1.54, 1.807) is 42.5 Å². The smallest absolute Gasteiger partial charge is 0.307 e. The first kappa shape index (κ1) is 29.5. The molecule has 0 aromatic heterocycles. The summed E-state index contributed by atoms with van der Waals surface area (Å²) in [5.41, 5.74) is 3.13. The molecule has 2 heterocycles. The minimum absolute atomic E-state index is 0.0272. The summed E-state index contributed by atoms with van der Waals surface area (Å²) in [6.45, 7) is 3.57. The molecule has 6 nitrogen and oxygen atoms in total. The maximum Gasteiger partial charge on any atom is 0.307 e. The summed E-state index contributed by atoms with van der Waals surface area (Å²) in [6.07, 6.45) is 1.33. The van der Waals surface area contributed by atoms with Gasteiger partial charge in [0.25, 0.3) is 5.91 Å². The number of amides is 1. The summed E-state index contributed by atoms with van der Waals surface area (Å²) < 4.78 is 27.8. The van der Waals surface area contributed by atoms with Crippen LogP contribution in [-0.4, -0.2) is 35.1 Å². The maximum atomic E-state index is 16.0. The molecule has 41 heavy (non-hydrogen) atoms. The minimum Gasteiger partial charge on any atom is -0.481 e. The van der Waals surface area contributed by atoms with Gasteiger partial charge in [0.2, 0.25) is 0 Å². The number of aliphatic carboxylic acids is 1. The number of carbonyl (C=O) groups excluding carboxylic acids is 1. The Hall–Kier alpha value is -2.97. The number of carboxylic acid groups (broad SMARTS) is 1. The second kappa shape index (κ2) is 12.9. The number of carboxylic acids is 1. The number of rotatable bonds is 10. The molecule has 1 amide bonds. The van der Waals surface area contributed by atoms with Crippen LogP contribution < -0.4 is 0 Å². The summed E-state index contributed by atoms with van der Waals surface area (Å²) in [5, 5.41) is 10.4. The van der Waals surface area contributed by atoms with Crippen LogP contribution in [0.2, 0.25) is 10.0 Å². The lowest BCUT2D eigenvalue weighted by Crippen LogP contribution is -2.30. The van der Waals surface area contributed by atoms with E-state index in [2.05, 4.69) is 6.92 Å². The molecular formula is C32H32Cl2FNO5. The van der Waals surface area contributed by atoms with Crippen LogP contribution in [0.15, 0.2) is 54.6 Å². The van der Waals surface area contributed by atoms with Gasteiger partial charge in [-0.15, -0.1) is 0 Å². The summed E-state index contributed by atoms with van der Waals surface area (Å²) in [5.74, 6) is -1.43. The Kier molecular flexibility index (Phi) is 9.29. The predicted octanol–water partition coefficient (Wildman–Crippen LogP) is 7.55. The number of benzene rings is 3. The van der Waals surface area contributed by atoms with E-state index in [9.17, 15) is 14.7 Å². The quantitative estimate of drug-likeness (QED) is 0.260. The molecule has 2 atom stereocenters. The van der Waals surface area contributed by atoms with Crippen LogP contribution in [0.5, 0.6) is 0 Å². The number of fused-ring (bicyclic) bond motifs is 1. The first-order chi connectivity index (χ1) is 19.7. The van der Waals surface area contributed by atoms with Crippen molar-refractivity contribution in [2.45, 2.75) is 57.9 Å². The average Bonchev–Trinajstić information content (AvgIpc) is 3.20.